The highest BCUT2D eigenvalue weighted by molar-refractivity contribution is 9.18. The molecule has 6 rings (SSSR count). The maximum Gasteiger partial charge on any atom is 0.243 e. The van der Waals surface area contributed by atoms with Gasteiger partial charge in [-0.3, -0.25) is 0 Å². The highest BCUT2D eigenvalue weighted by Gasteiger charge is 2.28. The van der Waals surface area contributed by atoms with Gasteiger partial charge in [-0.1, -0.05) is 47.4 Å². The average molecular weight is 747 g/mol. The molecule has 14 heteroatoms. The molecule has 0 aliphatic carbocycles. The van der Waals surface area contributed by atoms with Gasteiger partial charge in [-0.2, -0.15) is 8.61 Å². The van der Waals surface area contributed by atoms with E-state index in [-0.39, 0.29) is 12.2 Å². The number of oxime groups is 2. The smallest absolute Gasteiger partial charge is 0.243 e. The Balaban J connectivity index is 0.000000168. The minimum absolute atomic E-state index is 0.133. The monoisotopic (exact) mass is 744 g/mol. The van der Waals surface area contributed by atoms with E-state index < -0.39 is 20.0 Å². The van der Waals surface area contributed by atoms with E-state index in [1.807, 2.05) is 24.3 Å². The first-order valence-electron chi connectivity index (χ1n) is 14.1. The van der Waals surface area contributed by atoms with Crippen molar-refractivity contribution >= 4 is 61.1 Å². The fourth-order valence-corrected chi connectivity index (χ4v) is 9.06. The van der Waals surface area contributed by atoms with Crippen LogP contribution in [0.5, 0.6) is 0 Å². The Morgan fingerprint density at radius 3 is 1.19 bits per heavy atom. The van der Waals surface area contributed by atoms with E-state index in [2.05, 4.69) is 42.2 Å². The van der Waals surface area contributed by atoms with Crippen LogP contribution in [0.25, 0.3) is 0 Å². The molecule has 4 aliphatic heterocycles. The van der Waals surface area contributed by atoms with E-state index in [4.69, 9.17) is 9.68 Å². The summed E-state index contributed by atoms with van der Waals surface area (Å²) in [4.78, 5) is 11.3. The Hall–Kier alpha value is -1.84. The second kappa shape index (κ2) is 13.9. The Bertz CT molecular complexity index is 1390. The van der Waals surface area contributed by atoms with Gasteiger partial charge in [0.2, 0.25) is 20.0 Å². The van der Waals surface area contributed by atoms with Crippen LogP contribution in [0.3, 0.4) is 0 Å². The molecule has 2 aromatic rings. The van der Waals surface area contributed by atoms with Crippen molar-refractivity contribution in [2.45, 2.75) is 73.4 Å². The molecule has 0 unspecified atom stereocenters. The van der Waals surface area contributed by atoms with Crippen LogP contribution in [0.1, 0.15) is 74.7 Å². The molecule has 0 amide bonds. The van der Waals surface area contributed by atoms with Gasteiger partial charge in [0.1, 0.15) is 9.24 Å². The number of benzene rings is 2. The topological polar surface area (TPSA) is 118 Å². The molecule has 0 saturated carbocycles. The third-order valence-corrected chi connectivity index (χ3v) is 12.4. The maximum absolute atomic E-state index is 12.5. The number of sulfonamides is 2. The standard InChI is InChI=1S/2C14H17BrN2O3S/c2*15-14-10-13(20-16-14)11-4-6-12(7-5-11)21(18,19)17-8-2-1-3-9-17/h2*4-7,13H,1-3,8-10H2/t2*13-/m10/s1. The maximum atomic E-state index is 12.5. The molecule has 2 fully saturated rings. The molecule has 0 N–H and O–H groups in total. The number of hydrogen-bond donors (Lipinski definition) is 0. The molecule has 4 aliphatic rings. The number of hydrogen-bond acceptors (Lipinski definition) is 8. The van der Waals surface area contributed by atoms with E-state index in [9.17, 15) is 16.8 Å². The zero-order valence-electron chi connectivity index (χ0n) is 23.1. The summed E-state index contributed by atoms with van der Waals surface area (Å²) in [6.07, 6.45) is 7.08. The molecule has 10 nitrogen and oxygen atoms in total. The van der Waals surface area contributed by atoms with E-state index >= 15 is 0 Å². The predicted molar refractivity (Wildman–Crippen MR) is 168 cm³/mol. The van der Waals surface area contributed by atoms with Gasteiger partial charge < -0.3 is 9.68 Å². The number of nitrogens with zero attached hydrogens (tertiary/aromatic N) is 4. The molecule has 4 heterocycles. The van der Waals surface area contributed by atoms with Crippen LogP contribution in [-0.4, -0.2) is 60.9 Å². The molecule has 0 radical (unpaired) electrons. The van der Waals surface area contributed by atoms with Gasteiger partial charge >= 0.3 is 0 Å². The van der Waals surface area contributed by atoms with E-state index in [0.29, 0.717) is 48.8 Å². The highest BCUT2D eigenvalue weighted by Crippen LogP contribution is 2.31. The Labute approximate surface area is 264 Å². The Morgan fingerprint density at radius 2 is 0.905 bits per heavy atom. The average Bonchev–Trinajstić information content (AvgIpc) is 3.66. The molecule has 2 aromatic carbocycles. The van der Waals surface area contributed by atoms with Crippen molar-refractivity contribution in [3.8, 4) is 0 Å². The van der Waals surface area contributed by atoms with Gasteiger partial charge in [-0.15, -0.1) is 0 Å². The van der Waals surface area contributed by atoms with Crippen LogP contribution in [0.4, 0.5) is 0 Å². The largest absolute Gasteiger partial charge is 0.386 e. The second-order valence-corrected chi connectivity index (χ2v) is 16.3. The van der Waals surface area contributed by atoms with Crippen LogP contribution in [-0.2, 0) is 29.7 Å². The van der Waals surface area contributed by atoms with Crippen LogP contribution in [0.15, 0.2) is 68.6 Å². The van der Waals surface area contributed by atoms with Crippen molar-refractivity contribution in [3.05, 3.63) is 59.7 Å². The summed E-state index contributed by atoms with van der Waals surface area (Å²) in [5.74, 6) is 0. The summed E-state index contributed by atoms with van der Waals surface area (Å²) >= 11 is 6.59. The van der Waals surface area contributed by atoms with Crippen LogP contribution < -0.4 is 0 Å². The zero-order valence-corrected chi connectivity index (χ0v) is 27.9. The third kappa shape index (κ3) is 7.44. The molecule has 0 bridgehead atoms. The quantitative estimate of drug-likeness (QED) is 0.355. The second-order valence-electron chi connectivity index (χ2n) is 10.6. The van der Waals surface area contributed by atoms with Gasteiger partial charge in [-0.25, -0.2) is 16.8 Å². The lowest BCUT2D eigenvalue weighted by atomic mass is 10.1. The minimum Gasteiger partial charge on any atom is -0.386 e. The lowest BCUT2D eigenvalue weighted by molar-refractivity contribution is 0.0856. The summed E-state index contributed by atoms with van der Waals surface area (Å²) < 4.78 is 54.9. The summed E-state index contributed by atoms with van der Waals surface area (Å²) in [5.41, 5.74) is 1.87. The van der Waals surface area contributed by atoms with Gasteiger partial charge in [-0.05, 0) is 92.9 Å². The van der Waals surface area contributed by atoms with Crippen LogP contribution in [0.2, 0.25) is 0 Å². The first-order chi connectivity index (χ1) is 20.1. The zero-order chi connectivity index (χ0) is 29.7. The van der Waals surface area contributed by atoms with Crippen LogP contribution in [0, 0.1) is 0 Å². The first-order valence-corrected chi connectivity index (χ1v) is 18.6. The van der Waals surface area contributed by atoms with Gasteiger partial charge in [0, 0.05) is 39.0 Å². The van der Waals surface area contributed by atoms with Gasteiger partial charge in [0.15, 0.2) is 12.2 Å². The van der Waals surface area contributed by atoms with Crippen molar-refractivity contribution in [2.24, 2.45) is 10.3 Å². The van der Waals surface area contributed by atoms with Gasteiger partial charge in [0.05, 0.1) is 9.79 Å². The van der Waals surface area contributed by atoms with E-state index in [0.717, 1.165) is 58.9 Å². The van der Waals surface area contributed by atoms with E-state index in [1.165, 1.54) is 0 Å². The molecular weight excluding hydrogens is 712 g/mol. The number of piperidine rings is 2. The van der Waals surface area contributed by atoms with Crippen LogP contribution >= 0.6 is 31.9 Å². The fraction of sp³-hybridized carbons (Fsp3) is 0.500. The van der Waals surface area contributed by atoms with Crippen molar-refractivity contribution < 1.29 is 26.5 Å². The first kappa shape index (κ1) is 31.6. The fourth-order valence-electron chi connectivity index (χ4n) is 5.27. The molecule has 228 valence electrons. The number of rotatable bonds is 6. The third-order valence-electron chi connectivity index (χ3n) is 7.68. The summed E-state index contributed by atoms with van der Waals surface area (Å²) in [6, 6.07) is 13.9. The van der Waals surface area contributed by atoms with Gasteiger partial charge in [0.25, 0.3) is 0 Å². The summed E-state index contributed by atoms with van der Waals surface area (Å²) in [5, 5.41) is 7.69. The number of halogens is 2. The molecule has 2 atom stereocenters. The Kier molecular flexibility index (Phi) is 10.4. The molecule has 2 saturated heterocycles. The molecule has 0 spiro atoms. The normalized spacial score (nSPS) is 23.7. The Morgan fingerprint density at radius 1 is 0.571 bits per heavy atom. The van der Waals surface area contributed by atoms with Crippen molar-refractivity contribution in [3.63, 3.8) is 0 Å². The lowest BCUT2D eigenvalue weighted by Crippen LogP contribution is -2.35. The summed E-state index contributed by atoms with van der Waals surface area (Å²) in [7, 11) is -6.72. The van der Waals surface area contributed by atoms with Crippen molar-refractivity contribution in [1.82, 2.24) is 8.61 Å². The molecule has 42 heavy (non-hydrogen) atoms. The van der Waals surface area contributed by atoms with E-state index in [1.54, 1.807) is 32.9 Å². The van der Waals surface area contributed by atoms with Crippen molar-refractivity contribution in [1.29, 1.82) is 0 Å². The summed E-state index contributed by atoms with van der Waals surface area (Å²) in [6.45, 7) is 2.49. The molecule has 0 aromatic heterocycles. The molecular formula is C28H34Br2N4O6S2. The van der Waals surface area contributed by atoms with Crippen molar-refractivity contribution in [2.75, 3.05) is 26.2 Å². The predicted octanol–water partition coefficient (Wildman–Crippen LogP) is 6.06. The SMILES string of the molecule is O=S(=O)(c1ccc([C@@H]2CC(Br)=NO2)cc1)N1CCCCC1.O=S(=O)(c1ccc([C@H]2CC(Br)=NO2)cc1)N1CCCCC1. The highest BCUT2D eigenvalue weighted by atomic mass is 79.9. The minimum atomic E-state index is -3.36. The lowest BCUT2D eigenvalue weighted by Gasteiger charge is -2.26.